The molecule has 0 atom stereocenters. The van der Waals surface area contributed by atoms with E-state index in [0.717, 1.165) is 56.2 Å². The van der Waals surface area contributed by atoms with Gasteiger partial charge in [-0.1, -0.05) is 20.8 Å². The highest BCUT2D eigenvalue weighted by Crippen LogP contribution is 2.21. The summed E-state index contributed by atoms with van der Waals surface area (Å²) in [5, 5.41) is 0. The maximum absolute atomic E-state index is 12.4. The van der Waals surface area contributed by atoms with Gasteiger partial charge in [0, 0.05) is 56.6 Å². The molecule has 28 heavy (non-hydrogen) atoms. The fourth-order valence-corrected chi connectivity index (χ4v) is 3.50. The molecule has 0 saturated carbocycles. The lowest BCUT2D eigenvalue weighted by atomic mass is 9.92. The molecule has 0 radical (unpaired) electrons. The lowest BCUT2D eigenvalue weighted by Gasteiger charge is -2.32. The van der Waals surface area contributed by atoms with E-state index in [9.17, 15) is 4.79 Å². The summed E-state index contributed by atoms with van der Waals surface area (Å²) in [6.45, 7) is 9.92. The van der Waals surface area contributed by atoms with E-state index in [0.29, 0.717) is 5.92 Å². The highest BCUT2D eigenvalue weighted by Gasteiger charge is 2.21. The molecule has 2 aromatic heterocycles. The third-order valence-corrected chi connectivity index (χ3v) is 5.31. The van der Waals surface area contributed by atoms with E-state index in [4.69, 9.17) is 0 Å². The molecule has 152 valence electrons. The van der Waals surface area contributed by atoms with Crippen LogP contribution in [0, 0.1) is 5.92 Å². The Bertz CT molecular complexity index is 829. The average Bonchev–Trinajstić information content (AvgIpc) is 2.64. The smallest absolute Gasteiger partial charge is 0.253 e. The second-order valence-electron chi connectivity index (χ2n) is 9.02. The predicted octanol–water partition coefficient (Wildman–Crippen LogP) is 2.31. The van der Waals surface area contributed by atoms with E-state index in [1.54, 1.807) is 17.0 Å². The first kappa shape index (κ1) is 20.5. The quantitative estimate of drug-likeness (QED) is 0.788. The Morgan fingerprint density at radius 3 is 2.29 bits per heavy atom. The van der Waals surface area contributed by atoms with Crippen molar-refractivity contribution in [3.63, 3.8) is 0 Å². The van der Waals surface area contributed by atoms with Crippen molar-refractivity contribution in [2.45, 2.75) is 52.1 Å². The Morgan fingerprint density at radius 1 is 1.11 bits per heavy atom. The number of anilines is 1. The van der Waals surface area contributed by atoms with Crippen LogP contribution >= 0.6 is 0 Å². The van der Waals surface area contributed by atoms with Gasteiger partial charge in [-0.2, -0.15) is 0 Å². The van der Waals surface area contributed by atoms with Crippen molar-refractivity contribution in [2.75, 3.05) is 32.1 Å². The molecule has 3 rings (SSSR count). The van der Waals surface area contributed by atoms with Gasteiger partial charge in [-0.3, -0.25) is 14.3 Å². The average molecular weight is 385 g/mol. The van der Waals surface area contributed by atoms with E-state index >= 15 is 0 Å². The zero-order valence-electron chi connectivity index (χ0n) is 17.7. The third kappa shape index (κ3) is 5.16. The van der Waals surface area contributed by atoms with Gasteiger partial charge in [-0.15, -0.1) is 0 Å². The molecule has 0 aliphatic carbocycles. The Morgan fingerprint density at radius 2 is 1.75 bits per heavy atom. The van der Waals surface area contributed by atoms with E-state index < -0.39 is 0 Å². The lowest BCUT2D eigenvalue weighted by molar-refractivity contribution is 0.166. The lowest BCUT2D eigenvalue weighted by Crippen LogP contribution is -2.36. The largest absolute Gasteiger partial charge is 0.347 e. The first-order valence-corrected chi connectivity index (χ1v) is 10.00. The standard InChI is InChI=1S/C21H32N6O/c1-21(2,3)18-10-19(28)27(15-24-18)14-16-6-8-26(9-7-16)13-17-11-22-20(23-12-17)25(4)5/h10-12,15-16H,6-9,13-14H2,1-5H3. The van der Waals surface area contributed by atoms with Crippen LogP contribution in [0.1, 0.15) is 44.9 Å². The van der Waals surface area contributed by atoms with Crippen molar-refractivity contribution in [2.24, 2.45) is 5.92 Å². The number of hydrogen-bond donors (Lipinski definition) is 0. The van der Waals surface area contributed by atoms with Crippen LogP contribution in [0.2, 0.25) is 0 Å². The second kappa shape index (κ2) is 8.39. The third-order valence-electron chi connectivity index (χ3n) is 5.31. The Hall–Kier alpha value is -2.28. The number of rotatable bonds is 5. The van der Waals surface area contributed by atoms with Crippen molar-refractivity contribution in [3.05, 3.63) is 46.4 Å². The maximum atomic E-state index is 12.4. The van der Waals surface area contributed by atoms with Crippen LogP contribution in [-0.2, 0) is 18.5 Å². The maximum Gasteiger partial charge on any atom is 0.253 e. The van der Waals surface area contributed by atoms with Gasteiger partial charge in [0.1, 0.15) is 0 Å². The Balaban J connectivity index is 1.52. The molecular formula is C21H32N6O. The molecule has 7 nitrogen and oxygen atoms in total. The number of nitrogens with zero attached hydrogens (tertiary/aromatic N) is 6. The van der Waals surface area contributed by atoms with Gasteiger partial charge in [0.25, 0.3) is 5.56 Å². The number of hydrogen-bond acceptors (Lipinski definition) is 6. The van der Waals surface area contributed by atoms with Gasteiger partial charge in [-0.05, 0) is 31.8 Å². The van der Waals surface area contributed by atoms with Crippen LogP contribution in [-0.4, -0.2) is 51.6 Å². The zero-order chi connectivity index (χ0) is 20.3. The normalized spacial score (nSPS) is 16.3. The van der Waals surface area contributed by atoms with E-state index in [1.807, 2.05) is 31.4 Å². The summed E-state index contributed by atoms with van der Waals surface area (Å²) in [4.78, 5) is 30.1. The Kier molecular flexibility index (Phi) is 6.13. The molecule has 0 amide bonds. The minimum absolute atomic E-state index is 0.0560. The SMILES string of the molecule is CN(C)c1ncc(CN2CCC(Cn3cnc(C(C)(C)C)cc3=O)CC2)cn1. The van der Waals surface area contributed by atoms with Gasteiger partial charge < -0.3 is 4.90 Å². The van der Waals surface area contributed by atoms with Crippen LogP contribution < -0.4 is 10.5 Å². The van der Waals surface area contributed by atoms with Crippen molar-refractivity contribution in [1.82, 2.24) is 24.4 Å². The minimum atomic E-state index is -0.0992. The summed E-state index contributed by atoms with van der Waals surface area (Å²) in [5.41, 5.74) is 1.95. The van der Waals surface area contributed by atoms with Crippen LogP contribution in [0.5, 0.6) is 0 Å². The van der Waals surface area contributed by atoms with Gasteiger partial charge in [0.15, 0.2) is 0 Å². The van der Waals surface area contributed by atoms with E-state index in [2.05, 4.69) is 40.6 Å². The fourth-order valence-electron chi connectivity index (χ4n) is 3.50. The van der Waals surface area contributed by atoms with E-state index in [-0.39, 0.29) is 11.0 Å². The number of piperidine rings is 1. The summed E-state index contributed by atoms with van der Waals surface area (Å²) in [6, 6.07) is 1.69. The van der Waals surface area contributed by atoms with Crippen LogP contribution in [0.15, 0.2) is 29.6 Å². The molecule has 0 unspecified atom stereocenters. The fraction of sp³-hybridized carbons (Fsp3) is 0.619. The summed E-state index contributed by atoms with van der Waals surface area (Å²) in [6.07, 6.45) is 7.72. The summed E-state index contributed by atoms with van der Waals surface area (Å²) >= 11 is 0. The highest BCUT2D eigenvalue weighted by molar-refractivity contribution is 5.26. The molecule has 2 aromatic rings. The van der Waals surface area contributed by atoms with Crippen LogP contribution in [0.25, 0.3) is 0 Å². The molecule has 0 N–H and O–H groups in total. The molecule has 0 spiro atoms. The van der Waals surface area contributed by atoms with Gasteiger partial charge in [-0.25, -0.2) is 15.0 Å². The highest BCUT2D eigenvalue weighted by atomic mass is 16.1. The van der Waals surface area contributed by atoms with E-state index in [1.165, 1.54) is 0 Å². The molecule has 1 fully saturated rings. The van der Waals surface area contributed by atoms with Crippen molar-refractivity contribution in [1.29, 1.82) is 0 Å². The first-order chi connectivity index (χ1) is 13.2. The number of likely N-dealkylation sites (tertiary alicyclic amines) is 1. The molecule has 3 heterocycles. The number of aromatic nitrogens is 4. The monoisotopic (exact) mass is 384 g/mol. The summed E-state index contributed by atoms with van der Waals surface area (Å²) in [7, 11) is 3.88. The van der Waals surface area contributed by atoms with Gasteiger partial charge >= 0.3 is 0 Å². The van der Waals surface area contributed by atoms with Gasteiger partial charge in [0.2, 0.25) is 5.95 Å². The molecule has 0 aromatic carbocycles. The van der Waals surface area contributed by atoms with Crippen molar-refractivity contribution < 1.29 is 0 Å². The molecule has 1 saturated heterocycles. The minimum Gasteiger partial charge on any atom is -0.347 e. The Labute approximate surface area is 167 Å². The summed E-state index contributed by atoms with van der Waals surface area (Å²) in [5.74, 6) is 1.25. The summed E-state index contributed by atoms with van der Waals surface area (Å²) < 4.78 is 1.77. The molecule has 1 aliphatic heterocycles. The first-order valence-electron chi connectivity index (χ1n) is 10.00. The van der Waals surface area contributed by atoms with Crippen molar-refractivity contribution in [3.8, 4) is 0 Å². The van der Waals surface area contributed by atoms with Crippen LogP contribution in [0.3, 0.4) is 0 Å². The molecular weight excluding hydrogens is 352 g/mol. The zero-order valence-corrected chi connectivity index (χ0v) is 17.7. The molecule has 0 bridgehead atoms. The van der Waals surface area contributed by atoms with Crippen molar-refractivity contribution >= 4 is 5.95 Å². The molecule has 1 aliphatic rings. The van der Waals surface area contributed by atoms with Crippen LogP contribution in [0.4, 0.5) is 5.95 Å². The predicted molar refractivity (Wildman–Crippen MR) is 112 cm³/mol. The topological polar surface area (TPSA) is 67.2 Å². The second-order valence-corrected chi connectivity index (χ2v) is 9.02. The van der Waals surface area contributed by atoms with Gasteiger partial charge in [0.05, 0.1) is 12.0 Å². The molecule has 7 heteroatoms.